The van der Waals surface area contributed by atoms with Crippen molar-refractivity contribution in [2.75, 3.05) is 12.8 Å². The fraction of sp³-hybridized carbons (Fsp3) is 0.222. The molecule has 13 heavy (non-hydrogen) atoms. The largest absolute Gasteiger partial charge is 0.480 e. The Morgan fingerprint density at radius 2 is 2.31 bits per heavy atom. The highest BCUT2D eigenvalue weighted by atomic mass is 16.5. The van der Waals surface area contributed by atoms with Gasteiger partial charge in [0.2, 0.25) is 5.88 Å². The van der Waals surface area contributed by atoms with E-state index in [0.717, 1.165) is 16.8 Å². The summed E-state index contributed by atoms with van der Waals surface area (Å²) in [6.07, 6.45) is 1.82. The van der Waals surface area contributed by atoms with Crippen molar-refractivity contribution in [3.63, 3.8) is 0 Å². The first kappa shape index (κ1) is 7.91. The molecule has 0 amide bonds. The number of anilines is 1. The van der Waals surface area contributed by atoms with Crippen molar-refractivity contribution in [3.05, 3.63) is 23.9 Å². The molecule has 0 aromatic carbocycles. The van der Waals surface area contributed by atoms with Crippen LogP contribution in [0.5, 0.6) is 5.88 Å². The lowest BCUT2D eigenvalue weighted by molar-refractivity contribution is 0.392. The van der Waals surface area contributed by atoms with Crippen LogP contribution in [-0.2, 0) is 0 Å². The van der Waals surface area contributed by atoms with Gasteiger partial charge < -0.3 is 10.5 Å². The number of rotatable bonds is 1. The molecular weight excluding hydrogens is 166 g/mol. The van der Waals surface area contributed by atoms with Gasteiger partial charge in [0.25, 0.3) is 0 Å². The van der Waals surface area contributed by atoms with Crippen LogP contribution in [0.2, 0.25) is 0 Å². The quantitative estimate of drug-likeness (QED) is 0.712. The van der Waals surface area contributed by atoms with E-state index in [4.69, 9.17) is 10.5 Å². The van der Waals surface area contributed by atoms with Crippen LogP contribution in [0.3, 0.4) is 0 Å². The van der Waals surface area contributed by atoms with Crippen LogP contribution in [-0.4, -0.2) is 16.7 Å². The maximum absolute atomic E-state index is 5.66. The van der Waals surface area contributed by atoms with Crippen LogP contribution in [0.1, 0.15) is 5.56 Å². The van der Waals surface area contributed by atoms with Gasteiger partial charge in [0, 0.05) is 17.4 Å². The second kappa shape index (κ2) is 2.65. The van der Waals surface area contributed by atoms with Gasteiger partial charge in [-0.1, -0.05) is 0 Å². The van der Waals surface area contributed by atoms with E-state index in [1.165, 1.54) is 0 Å². The van der Waals surface area contributed by atoms with Gasteiger partial charge in [0.1, 0.15) is 0 Å². The SMILES string of the molecule is COc1nn2ccc(N)cc2c1C. The van der Waals surface area contributed by atoms with Crippen LogP contribution < -0.4 is 10.5 Å². The highest BCUT2D eigenvalue weighted by Crippen LogP contribution is 2.21. The Morgan fingerprint density at radius 1 is 1.54 bits per heavy atom. The third-order valence-corrected chi connectivity index (χ3v) is 2.06. The lowest BCUT2D eigenvalue weighted by Gasteiger charge is -1.94. The van der Waals surface area contributed by atoms with E-state index in [0.29, 0.717) is 5.88 Å². The van der Waals surface area contributed by atoms with E-state index < -0.39 is 0 Å². The number of pyridine rings is 1. The Bertz CT molecular complexity index is 447. The van der Waals surface area contributed by atoms with Crippen LogP contribution in [0.25, 0.3) is 5.52 Å². The Kier molecular flexibility index (Phi) is 1.62. The first-order valence-corrected chi connectivity index (χ1v) is 4.01. The molecule has 4 heteroatoms. The average molecular weight is 177 g/mol. The molecule has 2 N–H and O–H groups in total. The number of aryl methyl sites for hydroxylation is 1. The summed E-state index contributed by atoms with van der Waals surface area (Å²) in [7, 11) is 1.61. The molecular formula is C9H11N3O. The summed E-state index contributed by atoms with van der Waals surface area (Å²) in [5.74, 6) is 0.644. The third-order valence-electron chi connectivity index (χ3n) is 2.06. The molecule has 2 rings (SSSR count). The van der Waals surface area contributed by atoms with Gasteiger partial charge in [-0.05, 0) is 19.1 Å². The zero-order valence-electron chi connectivity index (χ0n) is 7.61. The number of aromatic nitrogens is 2. The number of nitrogens with zero attached hydrogens (tertiary/aromatic N) is 2. The molecule has 4 nitrogen and oxygen atoms in total. The van der Waals surface area contributed by atoms with E-state index in [2.05, 4.69) is 5.10 Å². The van der Waals surface area contributed by atoms with E-state index in [1.807, 2.05) is 19.2 Å². The molecule has 0 saturated carbocycles. The Balaban J connectivity index is 2.77. The zero-order valence-corrected chi connectivity index (χ0v) is 7.61. The van der Waals surface area contributed by atoms with Crippen molar-refractivity contribution in [3.8, 4) is 5.88 Å². The molecule has 0 atom stereocenters. The molecule has 0 spiro atoms. The van der Waals surface area contributed by atoms with Gasteiger partial charge >= 0.3 is 0 Å². The van der Waals surface area contributed by atoms with Crippen molar-refractivity contribution < 1.29 is 4.74 Å². The van der Waals surface area contributed by atoms with Gasteiger partial charge in [-0.3, -0.25) is 0 Å². The lowest BCUT2D eigenvalue weighted by Crippen LogP contribution is -1.90. The maximum Gasteiger partial charge on any atom is 0.236 e. The van der Waals surface area contributed by atoms with Crippen molar-refractivity contribution in [2.45, 2.75) is 6.92 Å². The minimum Gasteiger partial charge on any atom is -0.480 e. The van der Waals surface area contributed by atoms with Crippen LogP contribution in [0.15, 0.2) is 18.3 Å². The fourth-order valence-corrected chi connectivity index (χ4v) is 1.35. The third kappa shape index (κ3) is 1.11. The molecule has 68 valence electrons. The second-order valence-electron chi connectivity index (χ2n) is 2.92. The number of hydrogen-bond donors (Lipinski definition) is 1. The molecule has 0 fully saturated rings. The van der Waals surface area contributed by atoms with Gasteiger partial charge in [-0.15, -0.1) is 5.10 Å². The predicted molar refractivity (Wildman–Crippen MR) is 50.9 cm³/mol. The van der Waals surface area contributed by atoms with Crippen molar-refractivity contribution in [1.82, 2.24) is 9.61 Å². The second-order valence-corrected chi connectivity index (χ2v) is 2.92. The van der Waals surface area contributed by atoms with Crippen molar-refractivity contribution >= 4 is 11.2 Å². The summed E-state index contributed by atoms with van der Waals surface area (Å²) in [6, 6.07) is 3.68. The molecule has 2 heterocycles. The number of fused-ring (bicyclic) bond motifs is 1. The predicted octanol–water partition coefficient (Wildman–Crippen LogP) is 1.23. The number of nitrogen functional groups attached to an aromatic ring is 1. The minimum absolute atomic E-state index is 0.644. The zero-order chi connectivity index (χ0) is 9.42. The van der Waals surface area contributed by atoms with Crippen LogP contribution >= 0.6 is 0 Å². The van der Waals surface area contributed by atoms with E-state index in [-0.39, 0.29) is 0 Å². The Labute approximate surface area is 75.9 Å². The lowest BCUT2D eigenvalue weighted by atomic mass is 10.2. The number of ether oxygens (including phenoxy) is 1. The first-order chi connectivity index (χ1) is 6.22. The van der Waals surface area contributed by atoms with Crippen molar-refractivity contribution in [2.24, 2.45) is 0 Å². The number of methoxy groups -OCH3 is 1. The van der Waals surface area contributed by atoms with Crippen LogP contribution in [0.4, 0.5) is 5.69 Å². The Hall–Kier alpha value is -1.71. The molecule has 2 aromatic heterocycles. The normalized spacial score (nSPS) is 10.6. The van der Waals surface area contributed by atoms with Gasteiger partial charge in [-0.2, -0.15) is 0 Å². The molecule has 0 aliphatic heterocycles. The summed E-state index contributed by atoms with van der Waals surface area (Å²) in [5, 5.41) is 4.21. The maximum atomic E-state index is 5.66. The molecule has 0 unspecified atom stereocenters. The standard InChI is InChI=1S/C9H11N3O/c1-6-8-5-7(10)3-4-12(8)11-9(6)13-2/h3-5H,10H2,1-2H3. The van der Waals surface area contributed by atoms with E-state index >= 15 is 0 Å². The van der Waals surface area contributed by atoms with Crippen LogP contribution in [0, 0.1) is 6.92 Å². The summed E-state index contributed by atoms with van der Waals surface area (Å²) in [5.41, 5.74) is 8.39. The van der Waals surface area contributed by atoms with Gasteiger partial charge in [0.15, 0.2) is 0 Å². The molecule has 2 aromatic rings. The Morgan fingerprint density at radius 3 is 3.00 bits per heavy atom. The minimum atomic E-state index is 0.644. The number of hydrogen-bond acceptors (Lipinski definition) is 3. The monoisotopic (exact) mass is 177 g/mol. The molecule has 0 saturated heterocycles. The van der Waals surface area contributed by atoms with E-state index in [9.17, 15) is 0 Å². The fourth-order valence-electron chi connectivity index (χ4n) is 1.35. The number of nitrogens with two attached hydrogens (primary N) is 1. The molecule has 0 aliphatic rings. The van der Waals surface area contributed by atoms with Gasteiger partial charge in [0.05, 0.1) is 12.6 Å². The highest BCUT2D eigenvalue weighted by molar-refractivity contribution is 5.63. The first-order valence-electron chi connectivity index (χ1n) is 4.01. The average Bonchev–Trinajstić information content (AvgIpc) is 2.44. The summed E-state index contributed by atoms with van der Waals surface area (Å²) < 4.78 is 6.85. The van der Waals surface area contributed by atoms with Gasteiger partial charge in [-0.25, -0.2) is 4.52 Å². The van der Waals surface area contributed by atoms with E-state index in [1.54, 1.807) is 17.7 Å². The summed E-state index contributed by atoms with van der Waals surface area (Å²) in [4.78, 5) is 0. The highest BCUT2D eigenvalue weighted by Gasteiger charge is 2.07. The summed E-state index contributed by atoms with van der Waals surface area (Å²) in [6.45, 7) is 1.96. The molecule has 0 aliphatic carbocycles. The smallest absolute Gasteiger partial charge is 0.236 e. The topological polar surface area (TPSA) is 52.5 Å². The summed E-state index contributed by atoms with van der Waals surface area (Å²) >= 11 is 0. The molecule has 0 bridgehead atoms. The molecule has 0 radical (unpaired) electrons. The van der Waals surface area contributed by atoms with Crippen molar-refractivity contribution in [1.29, 1.82) is 0 Å².